The number of unbranched alkanes of at least 4 members (excludes halogenated alkanes) is 2. The van der Waals surface area contributed by atoms with Crippen LogP contribution in [-0.4, -0.2) is 25.0 Å². The molecule has 0 unspecified atom stereocenters. The summed E-state index contributed by atoms with van der Waals surface area (Å²) < 4.78 is 15.3. The van der Waals surface area contributed by atoms with Crippen molar-refractivity contribution in [2.75, 3.05) is 13.7 Å². The Labute approximate surface area is 106 Å². The van der Waals surface area contributed by atoms with Crippen LogP contribution in [0.5, 0.6) is 17.2 Å². The van der Waals surface area contributed by atoms with Gasteiger partial charge in [0.1, 0.15) is 0 Å². The van der Waals surface area contributed by atoms with Gasteiger partial charge in [-0.1, -0.05) is 25.8 Å². The highest BCUT2D eigenvalue weighted by Gasteiger charge is 2.14. The molecule has 0 aliphatic rings. The van der Waals surface area contributed by atoms with Gasteiger partial charge in [0.05, 0.1) is 13.7 Å². The van der Waals surface area contributed by atoms with Crippen LogP contribution >= 0.6 is 0 Å². The molecule has 0 fully saturated rings. The molecule has 0 heterocycles. The Balaban J connectivity index is 2.79. The van der Waals surface area contributed by atoms with Gasteiger partial charge in [-0.15, -0.1) is 0 Å². The molecule has 1 aromatic carbocycles. The van der Waals surface area contributed by atoms with Crippen molar-refractivity contribution < 1.29 is 24.1 Å². The lowest BCUT2D eigenvalue weighted by atomic mass is 10.2. The molecule has 5 heteroatoms. The van der Waals surface area contributed by atoms with E-state index in [2.05, 4.69) is 11.7 Å². The van der Waals surface area contributed by atoms with Crippen molar-refractivity contribution in [2.45, 2.75) is 26.2 Å². The SMILES string of the molecule is CCCCCOc1c(OC)cccc1OC(=O)O. The van der Waals surface area contributed by atoms with Crippen LogP contribution in [0.15, 0.2) is 18.2 Å². The summed E-state index contributed by atoms with van der Waals surface area (Å²) >= 11 is 0. The first-order chi connectivity index (χ1) is 8.69. The van der Waals surface area contributed by atoms with Gasteiger partial charge in [0.25, 0.3) is 0 Å². The maximum atomic E-state index is 10.6. The van der Waals surface area contributed by atoms with E-state index >= 15 is 0 Å². The molecule has 5 nitrogen and oxygen atoms in total. The first-order valence-corrected chi connectivity index (χ1v) is 5.89. The van der Waals surface area contributed by atoms with Gasteiger partial charge in [-0.05, 0) is 18.6 Å². The Morgan fingerprint density at radius 3 is 2.61 bits per heavy atom. The zero-order valence-corrected chi connectivity index (χ0v) is 10.6. The fourth-order valence-electron chi connectivity index (χ4n) is 1.50. The highest BCUT2D eigenvalue weighted by Crippen LogP contribution is 2.37. The molecule has 0 atom stereocenters. The van der Waals surface area contributed by atoms with Crippen molar-refractivity contribution in [3.63, 3.8) is 0 Å². The van der Waals surface area contributed by atoms with E-state index in [9.17, 15) is 4.79 Å². The average Bonchev–Trinajstić information content (AvgIpc) is 2.35. The van der Waals surface area contributed by atoms with Crippen molar-refractivity contribution in [3.8, 4) is 17.2 Å². The molecule has 1 N–H and O–H groups in total. The monoisotopic (exact) mass is 254 g/mol. The standard InChI is InChI=1S/C13H18O5/c1-3-4-5-9-17-12-10(16-2)7-6-8-11(12)18-13(14)15/h6-8H,3-5,9H2,1-2H3,(H,14,15). The van der Waals surface area contributed by atoms with E-state index in [-0.39, 0.29) is 5.75 Å². The number of methoxy groups -OCH3 is 1. The third-order valence-electron chi connectivity index (χ3n) is 2.35. The molecule has 0 aromatic heterocycles. The minimum Gasteiger partial charge on any atom is -0.493 e. The Kier molecular flexibility index (Phi) is 5.84. The quantitative estimate of drug-likeness (QED) is 0.459. The molecule has 0 aliphatic carbocycles. The summed E-state index contributed by atoms with van der Waals surface area (Å²) in [5.41, 5.74) is 0. The van der Waals surface area contributed by atoms with E-state index in [0.29, 0.717) is 18.1 Å². The molecule has 1 aromatic rings. The van der Waals surface area contributed by atoms with Crippen LogP contribution in [0.3, 0.4) is 0 Å². The molecule has 0 bridgehead atoms. The van der Waals surface area contributed by atoms with Crippen LogP contribution < -0.4 is 14.2 Å². The van der Waals surface area contributed by atoms with Crippen LogP contribution in [0.4, 0.5) is 4.79 Å². The lowest BCUT2D eigenvalue weighted by Crippen LogP contribution is -2.07. The number of ether oxygens (including phenoxy) is 3. The first-order valence-electron chi connectivity index (χ1n) is 5.89. The molecule has 100 valence electrons. The second-order valence-electron chi connectivity index (χ2n) is 3.71. The van der Waals surface area contributed by atoms with Crippen molar-refractivity contribution in [1.29, 1.82) is 0 Å². The molecular weight excluding hydrogens is 236 g/mol. The summed E-state index contributed by atoms with van der Waals surface area (Å²) in [5, 5.41) is 8.65. The number of carboxylic acid groups (broad SMARTS) is 1. The molecule has 1 rings (SSSR count). The van der Waals surface area contributed by atoms with Gasteiger partial charge in [0.2, 0.25) is 5.75 Å². The van der Waals surface area contributed by atoms with Crippen molar-refractivity contribution in [1.82, 2.24) is 0 Å². The Bertz CT molecular complexity index is 389. The van der Waals surface area contributed by atoms with Gasteiger partial charge in [0, 0.05) is 0 Å². The number of hydrogen-bond acceptors (Lipinski definition) is 4. The number of benzene rings is 1. The predicted molar refractivity (Wildman–Crippen MR) is 66.7 cm³/mol. The lowest BCUT2D eigenvalue weighted by Gasteiger charge is -2.13. The Morgan fingerprint density at radius 1 is 1.28 bits per heavy atom. The maximum absolute atomic E-state index is 10.6. The Morgan fingerprint density at radius 2 is 2.00 bits per heavy atom. The highest BCUT2D eigenvalue weighted by molar-refractivity contribution is 5.64. The van der Waals surface area contributed by atoms with Gasteiger partial charge >= 0.3 is 6.16 Å². The summed E-state index contributed by atoms with van der Waals surface area (Å²) in [5.74, 6) is 0.946. The molecule has 0 aliphatic heterocycles. The molecule has 0 saturated carbocycles. The maximum Gasteiger partial charge on any atom is 0.511 e. The fourth-order valence-corrected chi connectivity index (χ4v) is 1.50. The number of rotatable bonds is 7. The normalized spacial score (nSPS) is 9.89. The van der Waals surface area contributed by atoms with Crippen LogP contribution in [0, 0.1) is 0 Å². The third-order valence-corrected chi connectivity index (χ3v) is 2.35. The smallest absolute Gasteiger partial charge is 0.493 e. The molecule has 0 amide bonds. The minimum absolute atomic E-state index is 0.151. The predicted octanol–water partition coefficient (Wildman–Crippen LogP) is 3.32. The summed E-state index contributed by atoms with van der Waals surface area (Å²) in [4.78, 5) is 10.6. The summed E-state index contributed by atoms with van der Waals surface area (Å²) in [6, 6.07) is 4.88. The van der Waals surface area contributed by atoms with Gasteiger partial charge < -0.3 is 19.3 Å². The van der Waals surface area contributed by atoms with E-state index in [4.69, 9.17) is 14.6 Å². The molecule has 0 radical (unpaired) electrons. The number of hydrogen-bond donors (Lipinski definition) is 1. The fraction of sp³-hybridized carbons (Fsp3) is 0.462. The minimum atomic E-state index is -1.37. The highest BCUT2D eigenvalue weighted by atomic mass is 16.7. The van der Waals surface area contributed by atoms with Crippen molar-refractivity contribution in [2.24, 2.45) is 0 Å². The van der Waals surface area contributed by atoms with E-state index < -0.39 is 6.16 Å². The summed E-state index contributed by atoms with van der Waals surface area (Å²) in [7, 11) is 1.50. The second-order valence-corrected chi connectivity index (χ2v) is 3.71. The van der Waals surface area contributed by atoms with Gasteiger partial charge in [0.15, 0.2) is 11.5 Å². The topological polar surface area (TPSA) is 65.0 Å². The number of para-hydroxylation sites is 1. The van der Waals surface area contributed by atoms with Crippen LogP contribution in [0.25, 0.3) is 0 Å². The van der Waals surface area contributed by atoms with Gasteiger partial charge in [-0.3, -0.25) is 0 Å². The van der Waals surface area contributed by atoms with Crippen LogP contribution in [0.1, 0.15) is 26.2 Å². The first kappa shape index (κ1) is 14.2. The van der Waals surface area contributed by atoms with Gasteiger partial charge in [-0.25, -0.2) is 4.79 Å². The largest absolute Gasteiger partial charge is 0.511 e. The van der Waals surface area contributed by atoms with Crippen molar-refractivity contribution >= 4 is 6.16 Å². The zero-order chi connectivity index (χ0) is 13.4. The molecular formula is C13H18O5. The number of carbonyl (C=O) groups is 1. The van der Waals surface area contributed by atoms with E-state index in [0.717, 1.165) is 19.3 Å². The second kappa shape index (κ2) is 7.42. The lowest BCUT2D eigenvalue weighted by molar-refractivity contribution is 0.141. The summed E-state index contributed by atoms with van der Waals surface area (Å²) in [6.45, 7) is 2.60. The average molecular weight is 254 g/mol. The van der Waals surface area contributed by atoms with Crippen LogP contribution in [-0.2, 0) is 0 Å². The van der Waals surface area contributed by atoms with E-state index in [1.807, 2.05) is 0 Å². The van der Waals surface area contributed by atoms with Gasteiger partial charge in [-0.2, -0.15) is 0 Å². The molecule has 18 heavy (non-hydrogen) atoms. The Hall–Kier alpha value is -1.91. The zero-order valence-electron chi connectivity index (χ0n) is 10.6. The van der Waals surface area contributed by atoms with Crippen LogP contribution in [0.2, 0.25) is 0 Å². The van der Waals surface area contributed by atoms with E-state index in [1.165, 1.54) is 13.2 Å². The summed E-state index contributed by atoms with van der Waals surface area (Å²) in [6.07, 6.45) is 1.68. The molecule has 0 saturated heterocycles. The van der Waals surface area contributed by atoms with Crippen molar-refractivity contribution in [3.05, 3.63) is 18.2 Å². The van der Waals surface area contributed by atoms with E-state index in [1.54, 1.807) is 12.1 Å². The molecule has 0 spiro atoms. The third kappa shape index (κ3) is 4.16.